The molecule has 0 aromatic heterocycles. The fourth-order valence-electron chi connectivity index (χ4n) is 2.96. The molecule has 1 aliphatic heterocycles. The lowest BCUT2D eigenvalue weighted by Gasteiger charge is -2.15. The molecular formula is C20H23NOS. The van der Waals surface area contributed by atoms with Crippen LogP contribution in [0.3, 0.4) is 0 Å². The van der Waals surface area contributed by atoms with Crippen LogP contribution in [0.2, 0.25) is 0 Å². The van der Waals surface area contributed by atoms with Crippen molar-refractivity contribution in [3.8, 4) is 0 Å². The molecule has 0 bridgehead atoms. The first-order valence-corrected chi connectivity index (χ1v) is 9.08. The SMILES string of the molecule is CN(CCO)CC/C=C1\c2ccccc2CSc2ccccc21. The minimum atomic E-state index is 0.218. The van der Waals surface area contributed by atoms with Gasteiger partial charge in [0, 0.05) is 23.7 Å². The van der Waals surface area contributed by atoms with Crippen molar-refractivity contribution in [3.05, 3.63) is 71.3 Å². The van der Waals surface area contributed by atoms with Gasteiger partial charge in [0.2, 0.25) is 0 Å². The maximum Gasteiger partial charge on any atom is 0.0558 e. The summed E-state index contributed by atoms with van der Waals surface area (Å²) in [6.45, 7) is 1.91. The average molecular weight is 325 g/mol. The van der Waals surface area contributed by atoms with Crippen LogP contribution in [-0.2, 0) is 5.75 Å². The van der Waals surface area contributed by atoms with Crippen LogP contribution >= 0.6 is 11.8 Å². The molecule has 0 saturated heterocycles. The summed E-state index contributed by atoms with van der Waals surface area (Å²) >= 11 is 1.92. The molecule has 0 amide bonds. The molecule has 0 fully saturated rings. The summed E-state index contributed by atoms with van der Waals surface area (Å²) in [6, 6.07) is 17.4. The molecule has 2 aromatic carbocycles. The third-order valence-corrected chi connectivity index (χ3v) is 5.33. The number of aliphatic hydroxyl groups excluding tert-OH is 1. The standard InChI is InChI=1S/C20H23NOS/c1-21(13-14-22)12-6-10-18-17-8-3-2-7-16(17)15-23-20-11-5-4-9-19(18)20/h2-5,7-11,22H,6,12-15H2,1H3/b18-10+. The Kier molecular flexibility index (Phi) is 5.55. The minimum absolute atomic E-state index is 0.218. The summed E-state index contributed by atoms with van der Waals surface area (Å²) in [6.07, 6.45) is 3.34. The van der Waals surface area contributed by atoms with Crippen LogP contribution < -0.4 is 0 Å². The summed E-state index contributed by atoms with van der Waals surface area (Å²) in [5.74, 6) is 1.02. The summed E-state index contributed by atoms with van der Waals surface area (Å²) in [5, 5.41) is 9.02. The molecule has 1 heterocycles. The zero-order valence-electron chi connectivity index (χ0n) is 13.5. The van der Waals surface area contributed by atoms with Gasteiger partial charge in [-0.2, -0.15) is 0 Å². The van der Waals surface area contributed by atoms with Crippen molar-refractivity contribution in [2.45, 2.75) is 17.1 Å². The molecule has 3 heteroatoms. The van der Waals surface area contributed by atoms with E-state index in [9.17, 15) is 0 Å². The van der Waals surface area contributed by atoms with E-state index in [0.717, 1.165) is 25.3 Å². The van der Waals surface area contributed by atoms with E-state index in [1.54, 1.807) is 0 Å². The summed E-state index contributed by atoms with van der Waals surface area (Å²) in [7, 11) is 2.06. The molecule has 1 aliphatic rings. The third-order valence-electron chi connectivity index (χ3n) is 4.21. The highest BCUT2D eigenvalue weighted by molar-refractivity contribution is 7.98. The Morgan fingerprint density at radius 3 is 2.61 bits per heavy atom. The van der Waals surface area contributed by atoms with Crippen molar-refractivity contribution in [2.24, 2.45) is 0 Å². The number of hydrogen-bond donors (Lipinski definition) is 1. The van der Waals surface area contributed by atoms with Gasteiger partial charge in [0.1, 0.15) is 0 Å². The molecular weight excluding hydrogens is 302 g/mol. The second-order valence-electron chi connectivity index (χ2n) is 5.88. The van der Waals surface area contributed by atoms with Crippen molar-refractivity contribution < 1.29 is 5.11 Å². The number of hydrogen-bond acceptors (Lipinski definition) is 3. The number of benzene rings is 2. The maximum absolute atomic E-state index is 9.02. The van der Waals surface area contributed by atoms with Crippen LogP contribution in [0.15, 0.2) is 59.5 Å². The fraction of sp³-hybridized carbons (Fsp3) is 0.300. The van der Waals surface area contributed by atoms with E-state index in [1.165, 1.54) is 27.2 Å². The van der Waals surface area contributed by atoms with Gasteiger partial charge in [0.15, 0.2) is 0 Å². The highest BCUT2D eigenvalue weighted by Crippen LogP contribution is 2.39. The predicted octanol–water partition coefficient (Wildman–Crippen LogP) is 4.04. The number of aliphatic hydroxyl groups is 1. The van der Waals surface area contributed by atoms with Gasteiger partial charge in [0.05, 0.1) is 6.61 Å². The van der Waals surface area contributed by atoms with Crippen LogP contribution in [0.5, 0.6) is 0 Å². The lowest BCUT2D eigenvalue weighted by Crippen LogP contribution is -2.22. The average Bonchev–Trinajstić information content (AvgIpc) is 2.73. The quantitative estimate of drug-likeness (QED) is 0.897. The maximum atomic E-state index is 9.02. The van der Waals surface area contributed by atoms with E-state index in [1.807, 2.05) is 11.8 Å². The van der Waals surface area contributed by atoms with Crippen molar-refractivity contribution in [3.63, 3.8) is 0 Å². The molecule has 0 radical (unpaired) electrons. The first-order valence-electron chi connectivity index (χ1n) is 8.09. The van der Waals surface area contributed by atoms with Crippen LogP contribution in [0.25, 0.3) is 5.57 Å². The molecule has 0 unspecified atom stereocenters. The van der Waals surface area contributed by atoms with Crippen LogP contribution in [0.1, 0.15) is 23.1 Å². The molecule has 3 rings (SSSR count). The Hall–Kier alpha value is -1.55. The monoisotopic (exact) mass is 325 g/mol. The smallest absolute Gasteiger partial charge is 0.0558 e. The molecule has 0 saturated carbocycles. The second kappa shape index (κ2) is 7.82. The van der Waals surface area contributed by atoms with Crippen LogP contribution in [-0.4, -0.2) is 36.8 Å². The van der Waals surface area contributed by atoms with E-state index in [0.29, 0.717) is 0 Å². The van der Waals surface area contributed by atoms with Gasteiger partial charge >= 0.3 is 0 Å². The number of thioether (sulfide) groups is 1. The van der Waals surface area contributed by atoms with Crippen molar-refractivity contribution in [1.29, 1.82) is 0 Å². The highest BCUT2D eigenvalue weighted by atomic mass is 32.2. The van der Waals surface area contributed by atoms with E-state index >= 15 is 0 Å². The molecule has 0 aliphatic carbocycles. The Morgan fingerprint density at radius 2 is 1.78 bits per heavy atom. The highest BCUT2D eigenvalue weighted by Gasteiger charge is 2.17. The molecule has 1 N–H and O–H groups in total. The Balaban J connectivity index is 1.93. The second-order valence-corrected chi connectivity index (χ2v) is 6.89. The molecule has 2 aromatic rings. The van der Waals surface area contributed by atoms with Gasteiger partial charge in [-0.15, -0.1) is 11.8 Å². The molecule has 0 atom stereocenters. The number of fused-ring (bicyclic) bond motifs is 2. The summed E-state index contributed by atoms with van der Waals surface area (Å²) < 4.78 is 0. The zero-order chi connectivity index (χ0) is 16.1. The van der Waals surface area contributed by atoms with Crippen molar-refractivity contribution in [2.75, 3.05) is 26.7 Å². The zero-order valence-corrected chi connectivity index (χ0v) is 14.4. The Morgan fingerprint density at radius 1 is 1.04 bits per heavy atom. The summed E-state index contributed by atoms with van der Waals surface area (Å²) in [4.78, 5) is 3.53. The van der Waals surface area contributed by atoms with Gasteiger partial charge in [-0.3, -0.25) is 0 Å². The third kappa shape index (κ3) is 3.86. The van der Waals surface area contributed by atoms with Crippen molar-refractivity contribution in [1.82, 2.24) is 4.90 Å². The van der Waals surface area contributed by atoms with Crippen LogP contribution in [0.4, 0.5) is 0 Å². The molecule has 23 heavy (non-hydrogen) atoms. The van der Waals surface area contributed by atoms with Gasteiger partial charge in [0.25, 0.3) is 0 Å². The number of rotatable bonds is 5. The van der Waals surface area contributed by atoms with Crippen molar-refractivity contribution >= 4 is 17.3 Å². The van der Waals surface area contributed by atoms with E-state index in [-0.39, 0.29) is 6.61 Å². The molecule has 2 nitrogen and oxygen atoms in total. The van der Waals surface area contributed by atoms with Crippen LogP contribution in [0, 0.1) is 0 Å². The van der Waals surface area contributed by atoms with Gasteiger partial charge in [-0.1, -0.05) is 48.5 Å². The Bertz CT molecular complexity index is 646. The fourth-order valence-corrected chi connectivity index (χ4v) is 4.03. The van der Waals surface area contributed by atoms with E-state index in [2.05, 4.69) is 66.6 Å². The van der Waals surface area contributed by atoms with Gasteiger partial charge < -0.3 is 10.0 Å². The lowest BCUT2D eigenvalue weighted by molar-refractivity contribution is 0.223. The molecule has 0 spiro atoms. The first-order chi connectivity index (χ1) is 11.3. The van der Waals surface area contributed by atoms with Gasteiger partial charge in [-0.25, -0.2) is 0 Å². The normalized spacial score (nSPS) is 15.3. The Labute approximate surface area is 142 Å². The van der Waals surface area contributed by atoms with E-state index < -0.39 is 0 Å². The number of nitrogens with zero attached hydrogens (tertiary/aromatic N) is 1. The minimum Gasteiger partial charge on any atom is -0.395 e. The van der Waals surface area contributed by atoms with Gasteiger partial charge in [-0.05, 0) is 41.8 Å². The molecule has 120 valence electrons. The number of likely N-dealkylation sites (N-methyl/N-ethyl adjacent to an activating group) is 1. The lowest BCUT2D eigenvalue weighted by atomic mass is 9.93. The topological polar surface area (TPSA) is 23.5 Å². The van der Waals surface area contributed by atoms with E-state index in [4.69, 9.17) is 5.11 Å². The summed E-state index contributed by atoms with van der Waals surface area (Å²) in [5.41, 5.74) is 5.45. The first kappa shape index (κ1) is 16.3. The predicted molar refractivity (Wildman–Crippen MR) is 98.7 cm³/mol. The largest absolute Gasteiger partial charge is 0.395 e.